The molecule has 1 saturated heterocycles. The maximum absolute atomic E-state index is 13.6. The van der Waals surface area contributed by atoms with E-state index < -0.39 is 11.8 Å². The number of hydrogen-bond acceptors (Lipinski definition) is 8. The molecular weight excluding hydrogens is 642 g/mol. The summed E-state index contributed by atoms with van der Waals surface area (Å²) in [6.07, 6.45) is 8.06. The first-order chi connectivity index (χ1) is 23.0. The number of halogens is 3. The minimum absolute atomic E-state index is 0.00872. The number of hydrogen-bond donors (Lipinski definition) is 1. The van der Waals surface area contributed by atoms with Gasteiger partial charge in [0.05, 0.1) is 40.8 Å². The molecule has 3 fully saturated rings. The van der Waals surface area contributed by atoms with Crippen LogP contribution in [0.5, 0.6) is 5.75 Å². The molecule has 2 aliphatic carbocycles. The number of carbonyl (C=O) groups excluding carboxylic acids is 2. The molecule has 5 heterocycles. The molecule has 2 atom stereocenters. The lowest BCUT2D eigenvalue weighted by Crippen LogP contribution is -2.54. The number of aromatic nitrogens is 5. The Morgan fingerprint density at radius 3 is 2.60 bits per heavy atom. The number of rotatable bonds is 8. The third kappa shape index (κ3) is 5.66. The number of pyridine rings is 1. The predicted molar refractivity (Wildman–Crippen MR) is 174 cm³/mol. The molecule has 14 heteroatoms. The van der Waals surface area contributed by atoms with Gasteiger partial charge in [0.25, 0.3) is 17.7 Å². The lowest BCUT2D eigenvalue weighted by atomic mass is 9.83. The summed E-state index contributed by atoms with van der Waals surface area (Å²) in [6.45, 7) is 3.51. The second-order valence-corrected chi connectivity index (χ2v) is 14.1. The van der Waals surface area contributed by atoms with E-state index in [0.29, 0.717) is 81.1 Å². The SMILES string of the molecule is C[C@@H]1CN(C2CC(F)(F)C2)CC[C@H]1n1ncc2c(-c3ccc4c(c3)OCC(=O)N4Cc3ncc(Cl)cn3)c(C(N)=O)c(CC3CC3)nc21. The number of nitrogens with two attached hydrogens (primary N) is 1. The molecule has 0 radical (unpaired) electrons. The van der Waals surface area contributed by atoms with E-state index in [1.165, 1.54) is 12.4 Å². The van der Waals surface area contributed by atoms with Gasteiger partial charge >= 0.3 is 0 Å². The Bertz CT molecular complexity index is 1920. The van der Waals surface area contributed by atoms with Crippen LogP contribution in [0.15, 0.2) is 36.8 Å². The minimum Gasteiger partial charge on any atom is -0.482 e. The number of carbonyl (C=O) groups is 2. The average Bonchev–Trinajstić information content (AvgIpc) is 3.77. The van der Waals surface area contributed by atoms with Gasteiger partial charge in [-0.05, 0) is 55.2 Å². The highest BCUT2D eigenvalue weighted by atomic mass is 35.5. The van der Waals surface area contributed by atoms with Crippen LogP contribution in [0, 0.1) is 11.8 Å². The Hall–Kier alpha value is -4.23. The number of piperidine rings is 1. The van der Waals surface area contributed by atoms with Gasteiger partial charge in [-0.25, -0.2) is 28.4 Å². The summed E-state index contributed by atoms with van der Waals surface area (Å²) in [4.78, 5) is 43.5. The van der Waals surface area contributed by atoms with E-state index in [4.69, 9.17) is 32.2 Å². The Labute approximate surface area is 280 Å². The Kier molecular flexibility index (Phi) is 7.59. The Morgan fingerprint density at radius 2 is 1.92 bits per heavy atom. The zero-order valence-corrected chi connectivity index (χ0v) is 27.2. The number of primary amides is 1. The first-order valence-corrected chi connectivity index (χ1v) is 16.8. The Morgan fingerprint density at radius 1 is 1.15 bits per heavy atom. The monoisotopic (exact) mass is 676 g/mol. The van der Waals surface area contributed by atoms with Crippen LogP contribution in [0.2, 0.25) is 5.02 Å². The van der Waals surface area contributed by atoms with E-state index >= 15 is 0 Å². The topological polar surface area (TPSA) is 132 Å². The molecule has 250 valence electrons. The molecule has 2 amide bonds. The fraction of sp³-hybridized carbons (Fsp3) is 0.471. The van der Waals surface area contributed by atoms with Gasteiger partial charge < -0.3 is 10.5 Å². The van der Waals surface area contributed by atoms with E-state index in [1.54, 1.807) is 17.2 Å². The van der Waals surface area contributed by atoms with Gasteiger partial charge in [0.1, 0.15) is 11.6 Å². The molecule has 0 bridgehead atoms. The van der Waals surface area contributed by atoms with Crippen LogP contribution in [-0.2, 0) is 17.8 Å². The van der Waals surface area contributed by atoms with Gasteiger partial charge in [-0.1, -0.05) is 24.6 Å². The van der Waals surface area contributed by atoms with Gasteiger partial charge in [0.15, 0.2) is 12.3 Å². The maximum Gasteiger partial charge on any atom is 0.265 e. The zero-order chi connectivity index (χ0) is 33.3. The van der Waals surface area contributed by atoms with E-state index in [2.05, 4.69) is 21.8 Å². The lowest BCUT2D eigenvalue weighted by molar-refractivity contribution is -0.131. The molecule has 1 aromatic carbocycles. The smallest absolute Gasteiger partial charge is 0.265 e. The number of anilines is 1. The van der Waals surface area contributed by atoms with Gasteiger partial charge in [-0.3, -0.25) is 19.4 Å². The summed E-state index contributed by atoms with van der Waals surface area (Å²) in [5, 5.41) is 5.93. The van der Waals surface area contributed by atoms with Crippen molar-refractivity contribution in [3.63, 3.8) is 0 Å². The fourth-order valence-electron chi connectivity index (χ4n) is 7.50. The molecule has 2 N–H and O–H groups in total. The maximum atomic E-state index is 13.6. The predicted octanol–water partition coefficient (Wildman–Crippen LogP) is 5.20. The van der Waals surface area contributed by atoms with Crippen molar-refractivity contribution in [2.75, 3.05) is 24.6 Å². The molecular formula is C34H35ClF2N8O3. The first-order valence-electron chi connectivity index (χ1n) is 16.4. The van der Waals surface area contributed by atoms with Crippen molar-refractivity contribution in [2.45, 2.75) is 70.0 Å². The molecule has 3 aromatic heterocycles. The highest BCUT2D eigenvalue weighted by molar-refractivity contribution is 6.30. The summed E-state index contributed by atoms with van der Waals surface area (Å²) in [5.41, 5.74) is 9.65. The van der Waals surface area contributed by atoms with Gasteiger partial charge in [-0.15, -0.1) is 0 Å². The van der Waals surface area contributed by atoms with E-state index in [-0.39, 0.29) is 49.9 Å². The number of likely N-dealkylation sites (tertiary alicyclic amines) is 1. The van der Waals surface area contributed by atoms with E-state index in [0.717, 1.165) is 19.3 Å². The fourth-order valence-corrected chi connectivity index (χ4v) is 7.60. The van der Waals surface area contributed by atoms with Crippen LogP contribution in [-0.4, -0.2) is 73.1 Å². The number of ether oxygens (including phenoxy) is 1. The van der Waals surface area contributed by atoms with Crippen LogP contribution in [0.3, 0.4) is 0 Å². The normalized spacial score (nSPS) is 22.8. The van der Waals surface area contributed by atoms with Crippen molar-refractivity contribution in [1.29, 1.82) is 0 Å². The van der Waals surface area contributed by atoms with Crippen LogP contribution in [0.1, 0.15) is 66.9 Å². The first kappa shape index (κ1) is 31.1. The molecule has 8 rings (SSSR count). The molecule has 4 aromatic rings. The third-order valence-electron chi connectivity index (χ3n) is 10.2. The van der Waals surface area contributed by atoms with Crippen molar-refractivity contribution in [2.24, 2.45) is 17.6 Å². The van der Waals surface area contributed by atoms with Gasteiger partial charge in [0.2, 0.25) is 0 Å². The zero-order valence-electron chi connectivity index (χ0n) is 26.4. The second kappa shape index (κ2) is 11.7. The van der Waals surface area contributed by atoms with Crippen molar-refractivity contribution < 1.29 is 23.1 Å². The summed E-state index contributed by atoms with van der Waals surface area (Å²) < 4.78 is 35.1. The molecule has 2 saturated carbocycles. The molecule has 11 nitrogen and oxygen atoms in total. The summed E-state index contributed by atoms with van der Waals surface area (Å²) in [7, 11) is 0. The number of amides is 2. The number of fused-ring (bicyclic) bond motifs is 2. The summed E-state index contributed by atoms with van der Waals surface area (Å²) in [5.74, 6) is -1.88. The number of benzene rings is 1. The average molecular weight is 677 g/mol. The molecule has 48 heavy (non-hydrogen) atoms. The summed E-state index contributed by atoms with van der Waals surface area (Å²) >= 11 is 5.95. The third-order valence-corrected chi connectivity index (χ3v) is 10.4. The van der Waals surface area contributed by atoms with E-state index in [1.807, 2.05) is 16.8 Å². The van der Waals surface area contributed by atoms with E-state index in [9.17, 15) is 18.4 Å². The van der Waals surface area contributed by atoms with Crippen LogP contribution in [0.4, 0.5) is 14.5 Å². The van der Waals surface area contributed by atoms with Crippen LogP contribution >= 0.6 is 11.6 Å². The molecule has 0 unspecified atom stereocenters. The van der Waals surface area contributed by atoms with Crippen molar-refractivity contribution in [3.8, 4) is 16.9 Å². The number of nitrogens with zero attached hydrogens (tertiary/aromatic N) is 7. The van der Waals surface area contributed by atoms with Crippen LogP contribution < -0.4 is 15.4 Å². The quantitative estimate of drug-likeness (QED) is 0.269. The standard InChI is InChI=1S/C34H35ClF2N8O3/c1-18-15-43(22-10-34(36,37)11-22)7-6-25(18)45-33-23(14-41-45)30(31(32(38)47)24(42-33)8-19-2-3-19)20-4-5-26-27(9-20)48-17-29(46)44(26)16-28-39-12-21(35)13-40-28/h4-5,9,12-14,18-19,22,25H,2-3,6-8,10-11,15-17H2,1H3,(H2,38,47)/t18-,25-/m1/s1. The molecule has 2 aliphatic heterocycles. The highest BCUT2D eigenvalue weighted by Crippen LogP contribution is 2.45. The Balaban J connectivity index is 1.18. The summed E-state index contributed by atoms with van der Waals surface area (Å²) in [6, 6.07) is 5.40. The van der Waals surface area contributed by atoms with Crippen molar-refractivity contribution in [3.05, 3.63) is 58.9 Å². The van der Waals surface area contributed by atoms with Crippen molar-refractivity contribution in [1.82, 2.24) is 29.6 Å². The highest BCUT2D eigenvalue weighted by Gasteiger charge is 2.49. The lowest BCUT2D eigenvalue weighted by Gasteiger charge is -2.47. The largest absolute Gasteiger partial charge is 0.482 e. The molecule has 0 spiro atoms. The number of alkyl halides is 2. The minimum atomic E-state index is -2.56. The van der Waals surface area contributed by atoms with Gasteiger partial charge in [-0.2, -0.15) is 5.10 Å². The van der Waals surface area contributed by atoms with Gasteiger partial charge in [0, 0.05) is 55.3 Å². The van der Waals surface area contributed by atoms with Crippen molar-refractivity contribution >= 4 is 40.1 Å². The second-order valence-electron chi connectivity index (χ2n) is 13.7. The molecule has 4 aliphatic rings. The van der Waals surface area contributed by atoms with Crippen LogP contribution in [0.25, 0.3) is 22.2 Å².